The Labute approximate surface area is 145 Å². The fourth-order valence-electron chi connectivity index (χ4n) is 3.00. The molecule has 1 amide bonds. The van der Waals surface area contributed by atoms with Crippen molar-refractivity contribution in [2.24, 2.45) is 0 Å². The highest BCUT2D eigenvalue weighted by atomic mass is 19.2. The second-order valence-corrected chi connectivity index (χ2v) is 6.19. The number of rotatable bonds is 6. The van der Waals surface area contributed by atoms with Gasteiger partial charge in [0.15, 0.2) is 23.3 Å². The summed E-state index contributed by atoms with van der Waals surface area (Å²) >= 11 is 0. The van der Waals surface area contributed by atoms with E-state index in [-0.39, 0.29) is 0 Å². The SMILES string of the molecule is CN1CCCC1C(=O)NC(CC(=O)O)Cc1c(F)c(F)c(F)c(F)c1F. The van der Waals surface area contributed by atoms with Crippen molar-refractivity contribution in [1.29, 1.82) is 0 Å². The number of carboxylic acids is 1. The Bertz CT molecular complexity index is 699. The standard InChI is InChI=1S/C16H17F5N2O3/c1-23-4-2-3-9(23)16(26)22-7(6-10(24)25)5-8-11(17)13(19)15(21)14(20)12(8)18/h7,9H,2-6H2,1H3,(H,22,26)(H,24,25). The van der Waals surface area contributed by atoms with Crippen LogP contribution >= 0.6 is 0 Å². The predicted octanol–water partition coefficient (Wildman–Crippen LogP) is 1.98. The first-order chi connectivity index (χ1) is 12.1. The maximum absolute atomic E-state index is 13.8. The van der Waals surface area contributed by atoms with Crippen molar-refractivity contribution < 1.29 is 36.6 Å². The van der Waals surface area contributed by atoms with Gasteiger partial charge in [-0.2, -0.15) is 0 Å². The van der Waals surface area contributed by atoms with Gasteiger partial charge in [0.25, 0.3) is 0 Å². The normalized spacial score (nSPS) is 18.8. The molecule has 2 rings (SSSR count). The van der Waals surface area contributed by atoms with Crippen LogP contribution in [-0.2, 0) is 16.0 Å². The number of halogens is 5. The highest BCUT2D eigenvalue weighted by Gasteiger charge is 2.32. The van der Waals surface area contributed by atoms with Crippen LogP contribution in [0.5, 0.6) is 0 Å². The molecule has 1 aliphatic rings. The summed E-state index contributed by atoms with van der Waals surface area (Å²) < 4.78 is 67.3. The zero-order chi connectivity index (χ0) is 19.6. The lowest BCUT2D eigenvalue weighted by Gasteiger charge is -2.23. The fourth-order valence-corrected chi connectivity index (χ4v) is 3.00. The third kappa shape index (κ3) is 4.12. The van der Waals surface area contributed by atoms with E-state index in [0.29, 0.717) is 13.0 Å². The van der Waals surface area contributed by atoms with Crippen molar-refractivity contribution in [3.05, 3.63) is 34.6 Å². The number of nitrogens with one attached hydrogen (secondary N) is 1. The molecule has 10 heteroatoms. The van der Waals surface area contributed by atoms with Crippen LogP contribution in [-0.4, -0.2) is 47.6 Å². The van der Waals surface area contributed by atoms with E-state index in [2.05, 4.69) is 5.32 Å². The van der Waals surface area contributed by atoms with E-state index in [9.17, 15) is 31.5 Å². The van der Waals surface area contributed by atoms with Crippen LogP contribution < -0.4 is 5.32 Å². The summed E-state index contributed by atoms with van der Waals surface area (Å²) in [6.45, 7) is 0.652. The molecular formula is C16H17F5N2O3. The van der Waals surface area contributed by atoms with Gasteiger partial charge in [-0.15, -0.1) is 0 Å². The molecule has 0 saturated carbocycles. The van der Waals surface area contributed by atoms with Gasteiger partial charge in [-0.3, -0.25) is 14.5 Å². The molecule has 144 valence electrons. The second-order valence-electron chi connectivity index (χ2n) is 6.19. The Kier molecular flexibility index (Phi) is 6.17. The zero-order valence-corrected chi connectivity index (χ0v) is 13.8. The van der Waals surface area contributed by atoms with Gasteiger partial charge in [0.05, 0.1) is 12.5 Å². The van der Waals surface area contributed by atoms with Gasteiger partial charge >= 0.3 is 5.97 Å². The van der Waals surface area contributed by atoms with Crippen molar-refractivity contribution >= 4 is 11.9 Å². The van der Waals surface area contributed by atoms with Crippen LogP contribution in [0, 0.1) is 29.1 Å². The summed E-state index contributed by atoms with van der Waals surface area (Å²) in [6.07, 6.45) is -0.317. The van der Waals surface area contributed by atoms with Gasteiger partial charge in [-0.25, -0.2) is 22.0 Å². The molecule has 2 N–H and O–H groups in total. The van der Waals surface area contributed by atoms with Gasteiger partial charge in [-0.05, 0) is 32.9 Å². The smallest absolute Gasteiger partial charge is 0.305 e. The first kappa shape index (κ1) is 20.1. The number of aliphatic carboxylic acids is 1. The molecule has 2 atom stereocenters. The van der Waals surface area contributed by atoms with E-state index in [1.165, 1.54) is 0 Å². The molecule has 1 saturated heterocycles. The molecule has 0 spiro atoms. The monoisotopic (exact) mass is 380 g/mol. The predicted molar refractivity (Wildman–Crippen MR) is 79.8 cm³/mol. The lowest BCUT2D eigenvalue weighted by Crippen LogP contribution is -2.47. The van der Waals surface area contributed by atoms with E-state index in [1.54, 1.807) is 11.9 Å². The minimum absolute atomic E-state index is 0.519. The number of carbonyl (C=O) groups excluding carboxylic acids is 1. The first-order valence-corrected chi connectivity index (χ1v) is 7.86. The number of hydrogen-bond donors (Lipinski definition) is 2. The topological polar surface area (TPSA) is 69.6 Å². The second kappa shape index (κ2) is 7.98. The summed E-state index contributed by atoms with van der Waals surface area (Å²) in [5.74, 6) is -12.5. The fraction of sp³-hybridized carbons (Fsp3) is 0.500. The Morgan fingerprint density at radius 2 is 1.65 bits per heavy atom. The van der Waals surface area contributed by atoms with Crippen LogP contribution in [0.3, 0.4) is 0 Å². The zero-order valence-electron chi connectivity index (χ0n) is 13.8. The van der Waals surface area contributed by atoms with Gasteiger partial charge in [-0.1, -0.05) is 0 Å². The van der Waals surface area contributed by atoms with Gasteiger partial charge in [0.1, 0.15) is 0 Å². The molecule has 0 radical (unpaired) electrons. The van der Waals surface area contributed by atoms with Crippen molar-refractivity contribution in [2.45, 2.75) is 37.8 Å². The van der Waals surface area contributed by atoms with E-state index < -0.39 is 71.5 Å². The molecule has 0 bridgehead atoms. The summed E-state index contributed by atoms with van der Waals surface area (Å²) in [5.41, 5.74) is -1.16. The molecule has 5 nitrogen and oxygen atoms in total. The largest absolute Gasteiger partial charge is 0.481 e. The average molecular weight is 380 g/mol. The highest BCUT2D eigenvalue weighted by Crippen LogP contribution is 2.25. The van der Waals surface area contributed by atoms with Gasteiger partial charge in [0, 0.05) is 11.6 Å². The maximum atomic E-state index is 13.8. The van der Waals surface area contributed by atoms with Crippen LogP contribution in [0.4, 0.5) is 22.0 Å². The summed E-state index contributed by atoms with van der Waals surface area (Å²) in [6, 6.07) is -1.87. The summed E-state index contributed by atoms with van der Waals surface area (Å²) in [7, 11) is 1.69. The minimum Gasteiger partial charge on any atom is -0.481 e. The van der Waals surface area contributed by atoms with Crippen LogP contribution in [0.25, 0.3) is 0 Å². The molecule has 0 aromatic heterocycles. The van der Waals surface area contributed by atoms with E-state index in [0.717, 1.165) is 6.42 Å². The number of carbonyl (C=O) groups is 2. The molecule has 1 fully saturated rings. The number of benzene rings is 1. The Morgan fingerprint density at radius 3 is 2.12 bits per heavy atom. The molecule has 1 heterocycles. The molecule has 26 heavy (non-hydrogen) atoms. The van der Waals surface area contributed by atoms with Gasteiger partial charge < -0.3 is 10.4 Å². The quantitative estimate of drug-likeness (QED) is 0.450. The number of amides is 1. The molecule has 0 aliphatic carbocycles. The van der Waals surface area contributed by atoms with E-state index >= 15 is 0 Å². The van der Waals surface area contributed by atoms with E-state index in [1.807, 2.05) is 0 Å². The van der Waals surface area contributed by atoms with Crippen LogP contribution in [0.1, 0.15) is 24.8 Å². The number of likely N-dealkylation sites (tertiary alicyclic amines) is 1. The molecular weight excluding hydrogens is 363 g/mol. The Morgan fingerprint density at radius 1 is 1.12 bits per heavy atom. The number of nitrogens with zero attached hydrogens (tertiary/aromatic N) is 1. The van der Waals surface area contributed by atoms with Crippen LogP contribution in [0.2, 0.25) is 0 Å². The minimum atomic E-state index is -2.30. The Hall–Kier alpha value is -2.23. The third-order valence-electron chi connectivity index (χ3n) is 4.34. The summed E-state index contributed by atoms with van der Waals surface area (Å²) in [4.78, 5) is 24.9. The lowest BCUT2D eigenvalue weighted by atomic mass is 10.0. The Balaban J connectivity index is 2.26. The van der Waals surface area contributed by atoms with E-state index in [4.69, 9.17) is 5.11 Å². The van der Waals surface area contributed by atoms with Crippen molar-refractivity contribution in [3.8, 4) is 0 Å². The molecule has 1 aliphatic heterocycles. The summed E-state index contributed by atoms with van der Waals surface area (Å²) in [5, 5.41) is 11.3. The van der Waals surface area contributed by atoms with Gasteiger partial charge in [0.2, 0.25) is 11.7 Å². The van der Waals surface area contributed by atoms with Crippen molar-refractivity contribution in [2.75, 3.05) is 13.6 Å². The molecule has 1 aromatic rings. The van der Waals surface area contributed by atoms with Crippen molar-refractivity contribution in [3.63, 3.8) is 0 Å². The average Bonchev–Trinajstić information content (AvgIpc) is 3.00. The van der Waals surface area contributed by atoms with Crippen molar-refractivity contribution in [1.82, 2.24) is 10.2 Å². The van der Waals surface area contributed by atoms with Crippen LogP contribution in [0.15, 0.2) is 0 Å². The number of hydrogen-bond acceptors (Lipinski definition) is 3. The maximum Gasteiger partial charge on any atom is 0.305 e. The first-order valence-electron chi connectivity index (χ1n) is 7.86. The highest BCUT2D eigenvalue weighted by molar-refractivity contribution is 5.83. The lowest BCUT2D eigenvalue weighted by molar-refractivity contribution is -0.137. The third-order valence-corrected chi connectivity index (χ3v) is 4.34. The number of likely N-dealkylation sites (N-methyl/N-ethyl adjacent to an activating group) is 1. The molecule has 1 aromatic carbocycles. The number of carboxylic acid groups (broad SMARTS) is 1. The molecule has 2 unspecified atom stereocenters.